The number of ether oxygens (including phenoxy) is 2. The van der Waals surface area contributed by atoms with Crippen molar-refractivity contribution in [1.29, 1.82) is 0 Å². The van der Waals surface area contributed by atoms with E-state index in [0.29, 0.717) is 0 Å². The maximum Gasteiger partial charge on any atom is 0.239 e. The fraction of sp³-hybridized carbons (Fsp3) is 0.458. The normalized spacial score (nSPS) is 11.7. The number of nitrogens with one attached hydrogen (secondary N) is 2. The van der Waals surface area contributed by atoms with Crippen LogP contribution in [-0.4, -0.2) is 41.1 Å². The lowest BCUT2D eigenvalue weighted by Gasteiger charge is -2.26. The third kappa shape index (κ3) is 5.73. The van der Waals surface area contributed by atoms with E-state index >= 15 is 0 Å². The number of rotatable bonds is 10. The number of sulfone groups is 1. The van der Waals surface area contributed by atoms with Crippen molar-refractivity contribution in [2.24, 2.45) is 11.8 Å². The van der Waals surface area contributed by atoms with Gasteiger partial charge in [-0.15, -0.1) is 0 Å². The van der Waals surface area contributed by atoms with Crippen LogP contribution in [0.4, 0.5) is 5.69 Å². The second kappa shape index (κ2) is 10.7. The summed E-state index contributed by atoms with van der Waals surface area (Å²) in [6.45, 7) is 10.0. The minimum absolute atomic E-state index is 0.0189. The van der Waals surface area contributed by atoms with Crippen LogP contribution in [0.5, 0.6) is 11.5 Å². The quantitative estimate of drug-likeness (QED) is 0.553. The van der Waals surface area contributed by atoms with E-state index in [4.69, 9.17) is 9.47 Å². The molecule has 0 aliphatic rings. The van der Waals surface area contributed by atoms with Crippen LogP contribution < -0.4 is 20.1 Å². The Morgan fingerprint density at radius 3 is 2.03 bits per heavy atom. The molecule has 1 amide bonds. The van der Waals surface area contributed by atoms with E-state index in [2.05, 4.69) is 38.3 Å². The van der Waals surface area contributed by atoms with Crippen LogP contribution >= 0.6 is 0 Å². The van der Waals surface area contributed by atoms with Crippen LogP contribution in [0.25, 0.3) is 0 Å². The summed E-state index contributed by atoms with van der Waals surface area (Å²) in [5.74, 6) is 0.703. The Balaban J connectivity index is 2.44. The van der Waals surface area contributed by atoms with Crippen molar-refractivity contribution in [2.75, 3.05) is 26.1 Å². The fourth-order valence-electron chi connectivity index (χ4n) is 3.66. The number of amides is 1. The van der Waals surface area contributed by atoms with Gasteiger partial charge in [0.1, 0.15) is 4.90 Å². The minimum atomic E-state index is -3.96. The van der Waals surface area contributed by atoms with Crippen LogP contribution in [0.15, 0.2) is 46.2 Å². The van der Waals surface area contributed by atoms with Gasteiger partial charge in [-0.1, -0.05) is 45.4 Å². The lowest BCUT2D eigenvalue weighted by Crippen LogP contribution is -2.44. The molecule has 0 bridgehead atoms. The van der Waals surface area contributed by atoms with E-state index in [9.17, 15) is 13.2 Å². The van der Waals surface area contributed by atoms with E-state index < -0.39 is 9.84 Å². The van der Waals surface area contributed by atoms with Crippen molar-refractivity contribution >= 4 is 21.4 Å². The lowest BCUT2D eigenvalue weighted by molar-refractivity contribution is -0.120. The number of hydrogen-bond donors (Lipinski definition) is 2. The predicted molar refractivity (Wildman–Crippen MR) is 126 cm³/mol. The first-order chi connectivity index (χ1) is 15.0. The number of carbonyl (C=O) groups is 1. The van der Waals surface area contributed by atoms with E-state index in [1.807, 2.05) is 6.92 Å². The molecule has 0 aromatic heterocycles. The van der Waals surface area contributed by atoms with Crippen molar-refractivity contribution in [3.63, 3.8) is 0 Å². The molecule has 2 aromatic carbocycles. The molecule has 0 heterocycles. The van der Waals surface area contributed by atoms with Gasteiger partial charge in [-0.05, 0) is 43.0 Å². The molecule has 0 saturated heterocycles. The largest absolute Gasteiger partial charge is 0.493 e. The molecule has 0 unspecified atom stereocenters. The standard InChI is InChI=1S/C24H34N2O5S/c1-15(2)22(16(3)4)26-21(27)14-25-19-12-13-20(30-6)23(31-7)24(19)32(28,29)18-10-8-17(5)9-11-18/h8-13,15-16,22,25H,14H2,1-7H3,(H,26,27). The second-order valence-electron chi connectivity index (χ2n) is 8.43. The number of carbonyl (C=O) groups excluding carboxylic acids is 1. The van der Waals surface area contributed by atoms with Gasteiger partial charge in [0.15, 0.2) is 11.5 Å². The molecule has 2 rings (SSSR count). The SMILES string of the molecule is COc1ccc(NCC(=O)NC(C(C)C)C(C)C)c(S(=O)(=O)c2ccc(C)cc2)c1OC. The van der Waals surface area contributed by atoms with Gasteiger partial charge in [-0.3, -0.25) is 4.79 Å². The highest BCUT2D eigenvalue weighted by Crippen LogP contribution is 2.42. The van der Waals surface area contributed by atoms with E-state index in [1.54, 1.807) is 36.4 Å². The summed E-state index contributed by atoms with van der Waals surface area (Å²) in [5.41, 5.74) is 1.21. The first-order valence-corrected chi connectivity index (χ1v) is 12.1. The first-order valence-electron chi connectivity index (χ1n) is 10.6. The average Bonchev–Trinajstić information content (AvgIpc) is 2.74. The lowest BCUT2D eigenvalue weighted by atomic mass is 9.93. The van der Waals surface area contributed by atoms with Crippen LogP contribution in [0.3, 0.4) is 0 Å². The van der Waals surface area contributed by atoms with Crippen molar-refractivity contribution in [3.8, 4) is 11.5 Å². The van der Waals surface area contributed by atoms with E-state index in [0.717, 1.165) is 5.56 Å². The molecular weight excluding hydrogens is 428 g/mol. The maximum atomic E-state index is 13.5. The third-order valence-electron chi connectivity index (χ3n) is 5.30. The molecule has 7 nitrogen and oxygen atoms in total. The molecule has 0 atom stereocenters. The van der Waals surface area contributed by atoms with Crippen LogP contribution in [0.1, 0.15) is 33.3 Å². The Bertz CT molecular complexity index is 1020. The molecule has 176 valence electrons. The van der Waals surface area contributed by atoms with Crippen molar-refractivity contribution in [1.82, 2.24) is 5.32 Å². The van der Waals surface area contributed by atoms with Gasteiger partial charge < -0.3 is 20.1 Å². The Morgan fingerprint density at radius 1 is 0.938 bits per heavy atom. The summed E-state index contributed by atoms with van der Waals surface area (Å²) in [5, 5.41) is 6.01. The predicted octanol–water partition coefficient (Wildman–Crippen LogP) is 4.05. The van der Waals surface area contributed by atoms with Gasteiger partial charge in [0.2, 0.25) is 15.7 Å². The van der Waals surface area contributed by atoms with Crippen LogP contribution in [0.2, 0.25) is 0 Å². The van der Waals surface area contributed by atoms with Crippen molar-refractivity contribution in [3.05, 3.63) is 42.0 Å². The topological polar surface area (TPSA) is 93.7 Å². The number of aryl methyl sites for hydroxylation is 1. The molecule has 0 spiro atoms. The molecule has 2 N–H and O–H groups in total. The summed E-state index contributed by atoms with van der Waals surface area (Å²) >= 11 is 0. The molecule has 2 aromatic rings. The first kappa shape index (κ1) is 25.5. The molecule has 0 radical (unpaired) electrons. The van der Waals surface area contributed by atoms with Gasteiger partial charge in [-0.2, -0.15) is 0 Å². The Kier molecular flexibility index (Phi) is 8.55. The summed E-state index contributed by atoms with van der Waals surface area (Å²) in [7, 11) is -1.13. The number of benzene rings is 2. The van der Waals surface area contributed by atoms with E-state index in [1.165, 1.54) is 14.2 Å². The molecule has 32 heavy (non-hydrogen) atoms. The van der Waals surface area contributed by atoms with Gasteiger partial charge in [-0.25, -0.2) is 8.42 Å². The molecule has 0 fully saturated rings. The smallest absolute Gasteiger partial charge is 0.239 e. The monoisotopic (exact) mass is 462 g/mol. The highest BCUT2D eigenvalue weighted by Gasteiger charge is 2.29. The summed E-state index contributed by atoms with van der Waals surface area (Å²) < 4.78 is 37.8. The van der Waals surface area contributed by atoms with Gasteiger partial charge in [0, 0.05) is 6.04 Å². The molecule has 0 aliphatic carbocycles. The highest BCUT2D eigenvalue weighted by atomic mass is 32.2. The highest BCUT2D eigenvalue weighted by molar-refractivity contribution is 7.91. The van der Waals surface area contributed by atoms with Crippen LogP contribution in [-0.2, 0) is 14.6 Å². The van der Waals surface area contributed by atoms with Gasteiger partial charge in [0.25, 0.3) is 0 Å². The average molecular weight is 463 g/mol. The van der Waals surface area contributed by atoms with Crippen LogP contribution in [0, 0.1) is 18.8 Å². The van der Waals surface area contributed by atoms with Crippen molar-refractivity contribution in [2.45, 2.75) is 50.5 Å². The summed E-state index contributed by atoms with van der Waals surface area (Å²) in [6.07, 6.45) is 0. The molecule has 0 saturated carbocycles. The zero-order valence-electron chi connectivity index (χ0n) is 19.9. The van der Waals surface area contributed by atoms with Gasteiger partial charge >= 0.3 is 0 Å². The fourth-order valence-corrected chi connectivity index (χ4v) is 5.24. The zero-order chi connectivity index (χ0) is 24.1. The second-order valence-corrected chi connectivity index (χ2v) is 10.3. The molecule has 8 heteroatoms. The number of anilines is 1. The minimum Gasteiger partial charge on any atom is -0.493 e. The third-order valence-corrected chi connectivity index (χ3v) is 7.14. The number of methoxy groups -OCH3 is 2. The summed E-state index contributed by atoms with van der Waals surface area (Å²) in [6, 6.07) is 9.78. The zero-order valence-corrected chi connectivity index (χ0v) is 20.7. The number of hydrogen-bond acceptors (Lipinski definition) is 6. The van der Waals surface area contributed by atoms with Gasteiger partial charge in [0.05, 0.1) is 31.3 Å². The Morgan fingerprint density at radius 2 is 1.53 bits per heavy atom. The van der Waals surface area contributed by atoms with E-state index in [-0.39, 0.29) is 57.3 Å². The summed E-state index contributed by atoms with van der Waals surface area (Å²) in [4.78, 5) is 12.7. The maximum absolute atomic E-state index is 13.5. The molecule has 0 aliphatic heterocycles. The Hall–Kier alpha value is -2.74. The molecular formula is C24H34N2O5S. The Labute approximate surface area is 191 Å². The van der Waals surface area contributed by atoms with Crippen molar-refractivity contribution < 1.29 is 22.7 Å².